The van der Waals surface area contributed by atoms with E-state index in [1.807, 2.05) is 86.7 Å². The molecular formula is C126H141FN4Si+4. The van der Waals surface area contributed by atoms with Gasteiger partial charge in [0.1, 0.15) is 34.0 Å². The maximum atomic E-state index is 13.6. The van der Waals surface area contributed by atoms with E-state index in [2.05, 4.69) is 342 Å². The molecule has 0 bridgehead atoms. The third kappa shape index (κ3) is 20.0. The Kier molecular flexibility index (Phi) is 26.2. The van der Waals surface area contributed by atoms with Crippen molar-refractivity contribution in [1.29, 1.82) is 0 Å². The zero-order valence-electron chi connectivity index (χ0n) is 86.0. The number of benzene rings is 12. The van der Waals surface area contributed by atoms with E-state index in [0.29, 0.717) is 0 Å². The Morgan fingerprint density at radius 3 is 0.886 bits per heavy atom. The van der Waals surface area contributed by atoms with Crippen molar-refractivity contribution in [1.82, 2.24) is 0 Å². The van der Waals surface area contributed by atoms with Crippen molar-refractivity contribution in [3.63, 3.8) is 0 Å². The molecule has 0 N–H and O–H groups in total. The predicted molar refractivity (Wildman–Crippen MR) is 562 cm³/mol. The summed E-state index contributed by atoms with van der Waals surface area (Å²) in [5, 5.41) is 11.1. The second-order valence-electron chi connectivity index (χ2n) is 41.3. The van der Waals surface area contributed by atoms with E-state index >= 15 is 0 Å². The van der Waals surface area contributed by atoms with Crippen LogP contribution in [-0.4, -0.2) is 8.07 Å². The first-order chi connectivity index (χ1) is 64.7. The molecule has 4 nitrogen and oxygen atoms in total. The lowest BCUT2D eigenvalue weighted by Crippen LogP contribution is -2.37. The van der Waals surface area contributed by atoms with Crippen LogP contribution in [0.3, 0.4) is 0 Å². The molecular weight excluding hydrogens is 1620 g/mol. The highest BCUT2D eigenvalue weighted by molar-refractivity contribution is 6.88. The molecule has 5 atom stereocenters. The average Bonchev–Trinajstić information content (AvgIpc) is 0.858. The fourth-order valence-corrected chi connectivity index (χ4v) is 23.6. The molecule has 132 heavy (non-hydrogen) atoms. The molecule has 0 radical (unpaired) electrons. The van der Waals surface area contributed by atoms with Gasteiger partial charge < -0.3 is 0 Å². The van der Waals surface area contributed by atoms with Gasteiger partial charge in [0, 0.05) is 74.3 Å². The summed E-state index contributed by atoms with van der Waals surface area (Å²) in [5.41, 5.74) is 30.8. The van der Waals surface area contributed by atoms with Crippen LogP contribution >= 0.6 is 0 Å². The lowest BCUT2D eigenvalue weighted by molar-refractivity contribution is -0.660. The Bertz CT molecular complexity index is 7160. The first-order valence-electron chi connectivity index (χ1n) is 51.0. The number of pyridine rings is 4. The van der Waals surface area contributed by atoms with Crippen LogP contribution in [0.2, 0.25) is 19.6 Å². The SMILES string of the molecule is [2H]C(C)(C)c1c[n+](C)c(-c2ccccc2C)cc1-c1ccc2cc(C3CC4CCCCC4C3)ccc2c1.[2H]C(C)(C)c1c[n+](C)c(-c2ccccc2C)cc1-c1ccc2cc(C3CCC4CCCCC4C3)ccc2c1.[2H]C(C)(C)c1c[n+](C)c(-c2ccccc2C)cc1-c1ccc2cc(F)ccc2c1.[2H]C(C)(C)c1c[n+](C)c(-c2ccccc2C)cc1-c1ccc2cc([Si](C)(C)C)ccc2c1. The van der Waals surface area contributed by atoms with Gasteiger partial charge in [0.05, 0.1) is 8.07 Å². The highest BCUT2D eigenvalue weighted by atomic mass is 28.3. The standard InChI is InChI=1S/C36H42N.C35H40N.C29H34NSi.C26H25FN/c1-24(2)35-23-37(4)36(33-12-8-5-9-25(33)3)22-34(35)32-18-17-30-20-29(15-16-31(30)21-32)28-14-13-26-10-6-7-11-27(26)19-28;1-23(2)34-22-36(4)35(32-12-8-5-9-24(32)3)21-33(34)30-16-15-27-17-29(14-13-28(27)18-30)31-19-25-10-6-7-11-26(25)20-31;1-20(2)28-19-30(4)29(26-11-9-8-10-21(26)3)18-27(28)24-13-12-23-17-25(31(5,6)7)15-14-22(23)16-24;1-17(2)25-16-28(4)26(23-8-6-5-7-18(23)3)15-24(25)21-10-9-20-14-22(27)12-11-19(20)13-21/h5,8-9,12,15-18,20-24,26-28H,6-7,10-11,13-14,19H2,1-4H3;5,8-9,12-18,21-23,25-26,31H,6-7,10-11,19-20H2,1-4H3;8-20H,1-7H3;5-17H,1-4H3/q4*+1/i24D;23D;20D;17D. The molecule has 4 aliphatic rings. The van der Waals surface area contributed by atoms with Gasteiger partial charge in [-0.3, -0.25) is 0 Å². The van der Waals surface area contributed by atoms with Crippen molar-refractivity contribution in [2.24, 2.45) is 51.9 Å². The number of halogens is 1. The van der Waals surface area contributed by atoms with Gasteiger partial charge in [-0.15, -0.1) is 0 Å². The minimum Gasteiger partial charge on any atom is -0.207 e. The molecule has 12 aromatic carbocycles. The summed E-state index contributed by atoms with van der Waals surface area (Å²) < 4.78 is 57.6. The normalized spacial score (nSPS) is 18.0. The number of aryl methyl sites for hydroxylation is 8. The van der Waals surface area contributed by atoms with Crippen LogP contribution < -0.4 is 23.5 Å². The van der Waals surface area contributed by atoms with Crippen LogP contribution in [0.4, 0.5) is 4.39 Å². The van der Waals surface area contributed by atoms with E-state index in [0.717, 1.165) is 102 Å². The Balaban J connectivity index is 0.000000127. The minimum absolute atomic E-state index is 0.230. The largest absolute Gasteiger partial charge is 0.213 e. The molecule has 0 saturated heterocycles. The van der Waals surface area contributed by atoms with Gasteiger partial charge in [-0.1, -0.05) is 314 Å². The topological polar surface area (TPSA) is 15.5 Å². The monoisotopic (exact) mass is 1760 g/mol. The fraction of sp³-hybridized carbons (Fsp3) is 0.333. The molecule has 0 aliphatic heterocycles. The van der Waals surface area contributed by atoms with Crippen LogP contribution in [0.1, 0.15) is 235 Å². The lowest BCUT2D eigenvalue weighted by atomic mass is 9.66. The molecule has 672 valence electrons. The molecule has 4 aliphatic carbocycles. The van der Waals surface area contributed by atoms with Crippen molar-refractivity contribution in [2.75, 3.05) is 0 Å². The van der Waals surface area contributed by atoms with Gasteiger partial charge in [-0.2, -0.15) is 0 Å². The van der Waals surface area contributed by atoms with Gasteiger partial charge >= 0.3 is 0 Å². The van der Waals surface area contributed by atoms with Crippen molar-refractivity contribution in [3.05, 3.63) is 353 Å². The molecule has 0 spiro atoms. The lowest BCUT2D eigenvalue weighted by Gasteiger charge is -2.39. The van der Waals surface area contributed by atoms with Gasteiger partial charge in [0.25, 0.3) is 0 Å². The highest BCUT2D eigenvalue weighted by Gasteiger charge is 2.38. The van der Waals surface area contributed by atoms with E-state index in [1.165, 1.54) is 216 Å². The molecule has 0 amide bonds. The van der Waals surface area contributed by atoms with E-state index in [1.54, 1.807) is 6.07 Å². The number of nitrogens with zero attached hydrogens (tertiary/aromatic N) is 4. The first kappa shape index (κ1) is 87.1. The van der Waals surface area contributed by atoms with Crippen molar-refractivity contribution >= 4 is 56.4 Å². The summed E-state index contributed by atoms with van der Waals surface area (Å²) >= 11 is 0. The summed E-state index contributed by atoms with van der Waals surface area (Å²) in [6.45, 7) is 31.5. The van der Waals surface area contributed by atoms with Gasteiger partial charge in [-0.25, -0.2) is 22.7 Å². The summed E-state index contributed by atoms with van der Waals surface area (Å²) in [6, 6.07) is 95.9. The maximum absolute atomic E-state index is 13.6. The average molecular weight is 1760 g/mol. The molecule has 4 heterocycles. The van der Waals surface area contributed by atoms with Crippen LogP contribution in [0.15, 0.2) is 292 Å². The smallest absolute Gasteiger partial charge is 0.207 e. The number of hydrogen-bond donors (Lipinski definition) is 0. The van der Waals surface area contributed by atoms with Crippen LogP contribution in [0.25, 0.3) is 133 Å². The van der Waals surface area contributed by atoms with Crippen molar-refractivity contribution in [2.45, 2.75) is 222 Å². The molecule has 5 unspecified atom stereocenters. The van der Waals surface area contributed by atoms with Crippen LogP contribution in [-0.2, 0) is 28.2 Å². The third-order valence-electron chi connectivity index (χ3n) is 30.1. The molecule has 4 saturated carbocycles. The number of rotatable bonds is 15. The molecule has 4 fully saturated rings. The van der Waals surface area contributed by atoms with Gasteiger partial charge in [0.15, 0.2) is 24.8 Å². The molecule has 20 rings (SSSR count). The van der Waals surface area contributed by atoms with E-state index < -0.39 is 31.6 Å². The molecule has 6 heteroatoms. The summed E-state index contributed by atoms with van der Waals surface area (Å²) in [4.78, 5) is 0. The predicted octanol–water partition coefficient (Wildman–Crippen LogP) is 32.2. The number of hydrogen-bond acceptors (Lipinski definition) is 0. The minimum atomic E-state index is -1.35. The van der Waals surface area contributed by atoms with Crippen molar-refractivity contribution in [3.8, 4) is 89.5 Å². The highest BCUT2D eigenvalue weighted by Crippen LogP contribution is 2.51. The quantitative estimate of drug-likeness (QED) is 0.0718. The van der Waals surface area contributed by atoms with Crippen molar-refractivity contribution < 1.29 is 28.1 Å². The molecule has 4 aromatic heterocycles. The first-order valence-corrected chi connectivity index (χ1v) is 52.5. The van der Waals surface area contributed by atoms with Gasteiger partial charge in [-0.05, 0) is 301 Å². The third-order valence-corrected chi connectivity index (χ3v) is 32.2. The zero-order valence-corrected chi connectivity index (χ0v) is 83.0. The van der Waals surface area contributed by atoms with E-state index in [4.69, 9.17) is 5.48 Å². The Morgan fingerprint density at radius 1 is 0.280 bits per heavy atom. The Morgan fingerprint density at radius 2 is 0.553 bits per heavy atom. The summed E-state index contributed by atoms with van der Waals surface area (Å²) in [6.07, 6.45) is 27.1. The van der Waals surface area contributed by atoms with Crippen LogP contribution in [0, 0.1) is 57.2 Å². The second kappa shape index (κ2) is 39.7. The molecule has 16 aromatic rings. The van der Waals surface area contributed by atoms with Gasteiger partial charge in [0.2, 0.25) is 22.8 Å². The fourth-order valence-electron chi connectivity index (χ4n) is 22.5. The maximum Gasteiger partial charge on any atom is 0.213 e. The number of aromatic nitrogens is 4. The summed E-state index contributed by atoms with van der Waals surface area (Å²) in [5.74, 6) is 2.25. The number of fused-ring (bicyclic) bond motifs is 6. The van der Waals surface area contributed by atoms with E-state index in [9.17, 15) is 4.39 Å². The second-order valence-corrected chi connectivity index (χ2v) is 46.4. The Labute approximate surface area is 795 Å². The van der Waals surface area contributed by atoms with Crippen LogP contribution in [0.5, 0.6) is 0 Å². The summed E-state index contributed by atoms with van der Waals surface area (Å²) in [7, 11) is 6.97. The van der Waals surface area contributed by atoms with E-state index in [-0.39, 0.29) is 5.82 Å². The zero-order chi connectivity index (χ0) is 96.2. The Hall–Kier alpha value is -11.6.